The summed E-state index contributed by atoms with van der Waals surface area (Å²) in [5.41, 5.74) is 0.852. The Morgan fingerprint density at radius 2 is 1.86 bits per heavy atom. The minimum absolute atomic E-state index is 0.0173. The summed E-state index contributed by atoms with van der Waals surface area (Å²) in [6.45, 7) is 8.06. The lowest BCUT2D eigenvalue weighted by Gasteiger charge is -2.24. The maximum absolute atomic E-state index is 12.0. The summed E-state index contributed by atoms with van der Waals surface area (Å²) >= 11 is 3.56. The molecule has 1 aromatic carbocycles. The van der Waals surface area contributed by atoms with E-state index in [0.29, 0.717) is 26.3 Å². The number of likely N-dealkylation sites (N-methyl/N-ethyl adjacent to an activating group) is 1. The minimum atomic E-state index is -0.213. The molecule has 2 rings (SSSR count). The van der Waals surface area contributed by atoms with Crippen LogP contribution in [0.1, 0.15) is 26.3 Å². The zero-order valence-electron chi connectivity index (χ0n) is 13.5. The van der Waals surface area contributed by atoms with E-state index in [0.717, 1.165) is 21.5 Å². The van der Waals surface area contributed by atoms with Crippen LogP contribution in [0.25, 0.3) is 0 Å². The van der Waals surface area contributed by atoms with E-state index in [1.165, 1.54) is 0 Å². The van der Waals surface area contributed by atoms with E-state index in [1.54, 1.807) is 0 Å². The van der Waals surface area contributed by atoms with E-state index in [9.17, 15) is 4.79 Å². The first-order valence-electron chi connectivity index (χ1n) is 7.32. The Kier molecular flexibility index (Phi) is 5.34. The molecule has 1 N–H and O–H groups in total. The summed E-state index contributed by atoms with van der Waals surface area (Å²) in [5.74, 6) is 1.54. The topological polar surface area (TPSA) is 50.8 Å². The van der Waals surface area contributed by atoms with Gasteiger partial charge in [-0.3, -0.25) is 9.69 Å². The summed E-state index contributed by atoms with van der Waals surface area (Å²) in [7, 11) is 1.92. The molecule has 1 aliphatic heterocycles. The van der Waals surface area contributed by atoms with Crippen LogP contribution >= 0.6 is 15.9 Å². The van der Waals surface area contributed by atoms with Crippen molar-refractivity contribution in [2.45, 2.75) is 32.9 Å². The summed E-state index contributed by atoms with van der Waals surface area (Å²) in [6, 6.07) is 3.89. The predicted octanol–water partition coefficient (Wildman–Crippen LogP) is 2.57. The Morgan fingerprint density at radius 1 is 1.27 bits per heavy atom. The van der Waals surface area contributed by atoms with Crippen molar-refractivity contribution in [2.75, 3.05) is 26.8 Å². The molecule has 1 aliphatic rings. The molecule has 0 saturated heterocycles. The number of amides is 1. The van der Waals surface area contributed by atoms with Crippen LogP contribution < -0.4 is 14.8 Å². The van der Waals surface area contributed by atoms with Gasteiger partial charge in [0, 0.05) is 16.6 Å². The molecular weight excluding hydrogens is 348 g/mol. The number of halogens is 1. The maximum Gasteiger partial charge on any atom is 0.234 e. The van der Waals surface area contributed by atoms with Crippen LogP contribution in [-0.2, 0) is 11.3 Å². The molecule has 1 amide bonds. The predicted molar refractivity (Wildman–Crippen MR) is 89.4 cm³/mol. The molecule has 1 heterocycles. The van der Waals surface area contributed by atoms with Crippen molar-refractivity contribution >= 4 is 21.8 Å². The van der Waals surface area contributed by atoms with E-state index < -0.39 is 0 Å². The average molecular weight is 371 g/mol. The van der Waals surface area contributed by atoms with E-state index in [1.807, 2.05) is 44.9 Å². The van der Waals surface area contributed by atoms with Gasteiger partial charge in [0.1, 0.15) is 13.2 Å². The lowest BCUT2D eigenvalue weighted by atomic mass is 10.1. The lowest BCUT2D eigenvalue weighted by molar-refractivity contribution is -0.123. The molecule has 0 fully saturated rings. The highest BCUT2D eigenvalue weighted by atomic mass is 79.9. The Labute approximate surface area is 140 Å². The number of fused-ring (bicyclic) bond motifs is 1. The van der Waals surface area contributed by atoms with Crippen LogP contribution in [0.3, 0.4) is 0 Å². The molecule has 0 spiro atoms. The van der Waals surface area contributed by atoms with E-state index in [2.05, 4.69) is 21.2 Å². The first kappa shape index (κ1) is 17.1. The summed E-state index contributed by atoms with van der Waals surface area (Å²) in [4.78, 5) is 13.9. The van der Waals surface area contributed by atoms with Crippen LogP contribution in [0.2, 0.25) is 0 Å². The third-order valence-electron chi connectivity index (χ3n) is 3.08. The first-order valence-corrected chi connectivity index (χ1v) is 8.11. The molecular formula is C16H23BrN2O3. The standard InChI is InChI=1S/C16H23BrN2O3/c1-16(2,3)18-15(20)10-19(4)9-11-7-13-14(8-12(11)17)22-6-5-21-13/h7-8H,5-6,9-10H2,1-4H3,(H,18,20). The third-order valence-corrected chi connectivity index (χ3v) is 3.82. The molecule has 22 heavy (non-hydrogen) atoms. The van der Waals surface area contributed by atoms with E-state index in [-0.39, 0.29) is 11.4 Å². The van der Waals surface area contributed by atoms with Gasteiger partial charge in [0.25, 0.3) is 0 Å². The monoisotopic (exact) mass is 370 g/mol. The average Bonchev–Trinajstić information content (AvgIpc) is 2.37. The Hall–Kier alpha value is -1.27. The summed E-state index contributed by atoms with van der Waals surface area (Å²) in [5, 5.41) is 2.96. The van der Waals surface area contributed by atoms with Gasteiger partial charge < -0.3 is 14.8 Å². The molecule has 122 valence electrons. The second kappa shape index (κ2) is 6.87. The molecule has 6 heteroatoms. The zero-order chi connectivity index (χ0) is 16.3. The van der Waals surface area contributed by atoms with Crippen molar-refractivity contribution < 1.29 is 14.3 Å². The Morgan fingerprint density at radius 3 is 2.45 bits per heavy atom. The molecule has 0 atom stereocenters. The smallest absolute Gasteiger partial charge is 0.234 e. The molecule has 0 unspecified atom stereocenters. The van der Waals surface area contributed by atoms with Gasteiger partial charge in [-0.2, -0.15) is 0 Å². The maximum atomic E-state index is 12.0. The third kappa shape index (κ3) is 4.88. The van der Waals surface area contributed by atoms with E-state index >= 15 is 0 Å². The number of nitrogens with zero attached hydrogens (tertiary/aromatic N) is 1. The van der Waals surface area contributed by atoms with Crippen LogP contribution in [-0.4, -0.2) is 43.2 Å². The molecule has 0 aromatic heterocycles. The molecule has 0 aliphatic carbocycles. The lowest BCUT2D eigenvalue weighted by Crippen LogP contribution is -2.45. The van der Waals surface area contributed by atoms with Gasteiger partial charge in [-0.05, 0) is 45.5 Å². The number of carbonyl (C=O) groups is 1. The highest BCUT2D eigenvalue weighted by molar-refractivity contribution is 9.10. The highest BCUT2D eigenvalue weighted by Gasteiger charge is 2.18. The van der Waals surface area contributed by atoms with Gasteiger partial charge in [-0.15, -0.1) is 0 Å². The van der Waals surface area contributed by atoms with Crippen molar-refractivity contribution in [2.24, 2.45) is 0 Å². The number of hydrogen-bond donors (Lipinski definition) is 1. The van der Waals surface area contributed by atoms with E-state index in [4.69, 9.17) is 9.47 Å². The number of rotatable bonds is 4. The van der Waals surface area contributed by atoms with Crippen molar-refractivity contribution in [3.63, 3.8) is 0 Å². The number of benzene rings is 1. The number of nitrogens with one attached hydrogen (secondary N) is 1. The van der Waals surface area contributed by atoms with Crippen LogP contribution in [0.5, 0.6) is 11.5 Å². The summed E-state index contributed by atoms with van der Waals surface area (Å²) in [6.07, 6.45) is 0. The van der Waals surface area contributed by atoms with Crippen LogP contribution in [0.4, 0.5) is 0 Å². The number of carbonyl (C=O) groups excluding carboxylic acids is 1. The van der Waals surface area contributed by atoms with Gasteiger partial charge >= 0.3 is 0 Å². The van der Waals surface area contributed by atoms with Crippen molar-refractivity contribution in [3.8, 4) is 11.5 Å². The van der Waals surface area contributed by atoms with Gasteiger partial charge in [-0.1, -0.05) is 15.9 Å². The molecule has 1 aromatic rings. The fourth-order valence-electron chi connectivity index (χ4n) is 2.28. The Balaban J connectivity index is 1.99. The van der Waals surface area contributed by atoms with Crippen molar-refractivity contribution in [1.82, 2.24) is 10.2 Å². The first-order chi connectivity index (χ1) is 10.2. The largest absolute Gasteiger partial charge is 0.486 e. The molecule has 0 saturated carbocycles. The molecule has 0 bridgehead atoms. The second-order valence-electron chi connectivity index (χ2n) is 6.56. The van der Waals surface area contributed by atoms with Gasteiger partial charge in [0.05, 0.1) is 6.54 Å². The van der Waals surface area contributed by atoms with Gasteiger partial charge in [0.15, 0.2) is 11.5 Å². The quantitative estimate of drug-likeness (QED) is 0.884. The normalized spacial score (nSPS) is 14.1. The zero-order valence-corrected chi connectivity index (χ0v) is 15.1. The number of hydrogen-bond acceptors (Lipinski definition) is 4. The SMILES string of the molecule is CN(CC(=O)NC(C)(C)C)Cc1cc2c(cc1Br)OCCO2. The molecule has 0 radical (unpaired) electrons. The van der Waals surface area contributed by atoms with Gasteiger partial charge in [0.2, 0.25) is 5.91 Å². The number of ether oxygens (including phenoxy) is 2. The highest BCUT2D eigenvalue weighted by Crippen LogP contribution is 2.35. The Bertz CT molecular complexity index is 555. The minimum Gasteiger partial charge on any atom is -0.486 e. The van der Waals surface area contributed by atoms with Crippen molar-refractivity contribution in [3.05, 3.63) is 22.2 Å². The van der Waals surface area contributed by atoms with Crippen LogP contribution in [0.15, 0.2) is 16.6 Å². The summed E-state index contributed by atoms with van der Waals surface area (Å²) < 4.78 is 12.1. The second-order valence-corrected chi connectivity index (χ2v) is 7.41. The fraction of sp³-hybridized carbons (Fsp3) is 0.562. The fourth-order valence-corrected chi connectivity index (χ4v) is 2.72. The van der Waals surface area contributed by atoms with Gasteiger partial charge in [-0.25, -0.2) is 0 Å². The van der Waals surface area contributed by atoms with Crippen LogP contribution in [0, 0.1) is 0 Å². The van der Waals surface area contributed by atoms with Crippen molar-refractivity contribution in [1.29, 1.82) is 0 Å². The molecule has 5 nitrogen and oxygen atoms in total.